The average Bonchev–Trinajstić information content (AvgIpc) is 2.24. The highest BCUT2D eigenvalue weighted by Crippen LogP contribution is 2.24. The van der Waals surface area contributed by atoms with Crippen LogP contribution < -0.4 is 0 Å². The van der Waals surface area contributed by atoms with Crippen molar-refractivity contribution in [3.05, 3.63) is 33.8 Å². The first-order valence-electron chi connectivity index (χ1n) is 6.00. The summed E-state index contributed by atoms with van der Waals surface area (Å²) in [4.78, 5) is 0. The Labute approximate surface area is 117 Å². The Balaban J connectivity index is 2.30. The van der Waals surface area contributed by atoms with Crippen LogP contribution in [0.25, 0.3) is 0 Å². The number of alkyl halides is 3. The summed E-state index contributed by atoms with van der Waals surface area (Å²) in [5.74, 6) is -1.25. The Hall–Kier alpha value is -0.650. The predicted octanol–water partition coefficient (Wildman–Crippen LogP) is 5.78. The highest BCUT2D eigenvalue weighted by molar-refractivity contribution is 9.10. The second-order valence-electron chi connectivity index (χ2n) is 4.38. The van der Waals surface area contributed by atoms with E-state index in [1.54, 1.807) is 0 Å². The van der Waals surface area contributed by atoms with Crippen LogP contribution in [0.5, 0.6) is 0 Å². The molecule has 1 aromatic rings. The molecule has 1 aromatic carbocycles. The van der Waals surface area contributed by atoms with Crippen molar-refractivity contribution in [2.24, 2.45) is 0 Å². The van der Waals surface area contributed by atoms with Gasteiger partial charge in [0.2, 0.25) is 0 Å². The number of hydrogen-bond donors (Lipinski definition) is 0. The van der Waals surface area contributed by atoms with Gasteiger partial charge in [-0.1, -0.05) is 28.8 Å². The Morgan fingerprint density at radius 3 is 1.95 bits per heavy atom. The van der Waals surface area contributed by atoms with Crippen LogP contribution in [-0.2, 0) is 6.42 Å². The van der Waals surface area contributed by atoms with Gasteiger partial charge in [-0.25, -0.2) is 8.78 Å². The first kappa shape index (κ1) is 16.4. The molecule has 0 amide bonds. The van der Waals surface area contributed by atoms with Crippen LogP contribution in [0.4, 0.5) is 22.0 Å². The third kappa shape index (κ3) is 6.36. The van der Waals surface area contributed by atoms with E-state index in [1.165, 1.54) is 12.1 Å². The summed E-state index contributed by atoms with van der Waals surface area (Å²) < 4.78 is 62.8. The van der Waals surface area contributed by atoms with E-state index in [-0.39, 0.29) is 18.4 Å². The van der Waals surface area contributed by atoms with Gasteiger partial charge < -0.3 is 0 Å². The second-order valence-corrected chi connectivity index (χ2v) is 5.29. The molecule has 0 aliphatic carbocycles. The second kappa shape index (κ2) is 7.22. The van der Waals surface area contributed by atoms with Crippen LogP contribution in [0.3, 0.4) is 0 Å². The van der Waals surface area contributed by atoms with Crippen molar-refractivity contribution in [1.29, 1.82) is 0 Å². The molecule has 1 rings (SSSR count). The smallest absolute Gasteiger partial charge is 0.207 e. The van der Waals surface area contributed by atoms with Crippen molar-refractivity contribution in [1.82, 2.24) is 0 Å². The van der Waals surface area contributed by atoms with Gasteiger partial charge in [0, 0.05) is 16.5 Å². The lowest BCUT2D eigenvalue weighted by Crippen LogP contribution is -2.06. The molecule has 0 saturated carbocycles. The molecule has 0 bridgehead atoms. The Morgan fingerprint density at radius 2 is 1.42 bits per heavy atom. The van der Waals surface area contributed by atoms with E-state index in [1.807, 2.05) is 0 Å². The molecule has 108 valence electrons. The molecule has 0 aromatic heterocycles. The molecule has 0 aliphatic heterocycles. The summed E-state index contributed by atoms with van der Waals surface area (Å²) in [6, 6.07) is 2.37. The van der Waals surface area contributed by atoms with Crippen LogP contribution in [-0.4, -0.2) is 6.18 Å². The molecule has 0 heterocycles. The molecular formula is C13H14BrF5. The largest absolute Gasteiger partial charge is 0.389 e. The Bertz CT molecular complexity index is 391. The minimum atomic E-state index is -4.12. The maximum atomic E-state index is 13.4. The standard InChI is InChI=1S/C13H14BrF5/c14-9-7-11(15)10(12(16)8-9)5-3-1-2-4-6-13(17,18)19/h7-8H,1-6H2. The first-order valence-corrected chi connectivity index (χ1v) is 6.79. The zero-order chi connectivity index (χ0) is 14.5. The molecule has 0 unspecified atom stereocenters. The van der Waals surface area contributed by atoms with Crippen molar-refractivity contribution in [2.75, 3.05) is 0 Å². The molecule has 6 heteroatoms. The monoisotopic (exact) mass is 344 g/mol. The average molecular weight is 345 g/mol. The van der Waals surface area contributed by atoms with E-state index in [0.29, 0.717) is 23.7 Å². The Kier molecular flexibility index (Phi) is 6.23. The van der Waals surface area contributed by atoms with Crippen molar-refractivity contribution >= 4 is 15.9 Å². The van der Waals surface area contributed by atoms with Gasteiger partial charge >= 0.3 is 6.18 Å². The number of hydrogen-bond acceptors (Lipinski definition) is 0. The molecule has 0 spiro atoms. The minimum absolute atomic E-state index is 0.000906. The number of rotatable bonds is 6. The van der Waals surface area contributed by atoms with E-state index in [2.05, 4.69) is 15.9 Å². The van der Waals surface area contributed by atoms with E-state index in [9.17, 15) is 22.0 Å². The van der Waals surface area contributed by atoms with E-state index < -0.39 is 24.2 Å². The normalized spacial score (nSPS) is 11.9. The predicted molar refractivity (Wildman–Crippen MR) is 66.9 cm³/mol. The number of benzene rings is 1. The molecule has 0 N–H and O–H groups in total. The molecule has 0 nitrogen and oxygen atoms in total. The summed E-state index contributed by atoms with van der Waals surface area (Å²) in [6.07, 6.45) is -3.22. The van der Waals surface area contributed by atoms with Gasteiger partial charge in [-0.2, -0.15) is 13.2 Å². The summed E-state index contributed by atoms with van der Waals surface area (Å²) in [6.45, 7) is 0. The lowest BCUT2D eigenvalue weighted by Gasteiger charge is -2.07. The van der Waals surface area contributed by atoms with Gasteiger partial charge in [-0.3, -0.25) is 0 Å². The van der Waals surface area contributed by atoms with Crippen molar-refractivity contribution in [3.8, 4) is 0 Å². The molecule has 0 atom stereocenters. The molecule has 19 heavy (non-hydrogen) atoms. The van der Waals surface area contributed by atoms with Crippen molar-refractivity contribution < 1.29 is 22.0 Å². The minimum Gasteiger partial charge on any atom is -0.207 e. The zero-order valence-corrected chi connectivity index (χ0v) is 11.8. The molecule has 0 fully saturated rings. The first-order chi connectivity index (χ1) is 8.79. The van der Waals surface area contributed by atoms with Crippen LogP contribution in [0.1, 0.15) is 37.7 Å². The van der Waals surface area contributed by atoms with Crippen LogP contribution in [0.2, 0.25) is 0 Å². The van der Waals surface area contributed by atoms with Gasteiger partial charge in [0.1, 0.15) is 11.6 Å². The third-order valence-corrected chi connectivity index (χ3v) is 3.20. The maximum absolute atomic E-state index is 13.4. The van der Waals surface area contributed by atoms with E-state index in [4.69, 9.17) is 0 Å². The van der Waals surface area contributed by atoms with Crippen LogP contribution in [0.15, 0.2) is 16.6 Å². The van der Waals surface area contributed by atoms with Gasteiger partial charge in [0.05, 0.1) is 0 Å². The highest BCUT2D eigenvalue weighted by atomic mass is 79.9. The summed E-state index contributed by atoms with van der Waals surface area (Å²) in [5, 5.41) is 0. The topological polar surface area (TPSA) is 0 Å². The fraction of sp³-hybridized carbons (Fsp3) is 0.538. The van der Waals surface area contributed by atoms with Crippen molar-refractivity contribution in [2.45, 2.75) is 44.7 Å². The number of halogens is 6. The fourth-order valence-electron chi connectivity index (χ4n) is 1.79. The summed E-state index contributed by atoms with van der Waals surface area (Å²) >= 11 is 2.98. The summed E-state index contributed by atoms with van der Waals surface area (Å²) in [7, 11) is 0. The van der Waals surface area contributed by atoms with Gasteiger partial charge in [0.25, 0.3) is 0 Å². The highest BCUT2D eigenvalue weighted by Gasteiger charge is 2.25. The fourth-order valence-corrected chi connectivity index (χ4v) is 2.19. The quantitative estimate of drug-likeness (QED) is 0.453. The van der Waals surface area contributed by atoms with Crippen LogP contribution >= 0.6 is 15.9 Å². The Morgan fingerprint density at radius 1 is 0.895 bits per heavy atom. The van der Waals surface area contributed by atoms with Gasteiger partial charge in [-0.15, -0.1) is 0 Å². The molecule has 0 radical (unpaired) electrons. The van der Waals surface area contributed by atoms with Gasteiger partial charge in [-0.05, 0) is 31.4 Å². The maximum Gasteiger partial charge on any atom is 0.389 e. The molecular weight excluding hydrogens is 331 g/mol. The molecule has 0 aliphatic rings. The zero-order valence-electron chi connectivity index (χ0n) is 10.2. The lowest BCUT2D eigenvalue weighted by molar-refractivity contribution is -0.135. The van der Waals surface area contributed by atoms with Crippen LogP contribution in [0, 0.1) is 11.6 Å². The molecule has 0 saturated heterocycles. The van der Waals surface area contributed by atoms with E-state index >= 15 is 0 Å². The SMILES string of the molecule is Fc1cc(Br)cc(F)c1CCCCCCC(F)(F)F. The summed E-state index contributed by atoms with van der Waals surface area (Å²) in [5.41, 5.74) is -0.000906. The van der Waals surface area contributed by atoms with Crippen molar-refractivity contribution in [3.63, 3.8) is 0 Å². The number of unbranched alkanes of at least 4 members (excludes halogenated alkanes) is 3. The van der Waals surface area contributed by atoms with E-state index in [0.717, 1.165) is 0 Å². The third-order valence-electron chi connectivity index (χ3n) is 2.74. The van der Waals surface area contributed by atoms with Gasteiger partial charge in [0.15, 0.2) is 0 Å². The lowest BCUT2D eigenvalue weighted by atomic mass is 10.0.